The Balaban J connectivity index is 1.92. The van der Waals surface area contributed by atoms with Crippen LogP contribution < -0.4 is 5.32 Å². The van der Waals surface area contributed by atoms with E-state index in [0.717, 1.165) is 11.3 Å². The Morgan fingerprint density at radius 1 is 1.35 bits per heavy atom. The first kappa shape index (κ1) is 12.7. The molecule has 0 radical (unpaired) electrons. The van der Waals surface area contributed by atoms with Crippen molar-refractivity contribution in [2.45, 2.75) is 25.9 Å². The van der Waals surface area contributed by atoms with Crippen molar-refractivity contribution in [3.63, 3.8) is 0 Å². The van der Waals surface area contributed by atoms with E-state index >= 15 is 0 Å². The summed E-state index contributed by atoms with van der Waals surface area (Å²) in [7, 11) is 0. The predicted octanol–water partition coefficient (Wildman–Crippen LogP) is 0.571. The molecule has 0 spiro atoms. The van der Waals surface area contributed by atoms with Gasteiger partial charge in [-0.25, -0.2) is 4.98 Å². The molecule has 1 N–H and O–H groups in total. The SMILES string of the molecule is CC1(C)C(=O)NCC(=O)N1Cc1cn2ccccc2n1. The summed E-state index contributed by atoms with van der Waals surface area (Å²) < 4.78 is 1.90. The Morgan fingerprint density at radius 2 is 2.15 bits per heavy atom. The zero-order valence-corrected chi connectivity index (χ0v) is 11.5. The predicted molar refractivity (Wildman–Crippen MR) is 72.8 cm³/mol. The molecule has 104 valence electrons. The molecule has 0 atom stereocenters. The molecule has 6 nitrogen and oxygen atoms in total. The standard InChI is InChI=1S/C14H16N4O2/c1-14(2)13(20)15-7-12(19)18(14)9-10-8-17-6-4-3-5-11(17)16-10/h3-6,8H,7,9H2,1-2H3,(H,15,20). The van der Waals surface area contributed by atoms with Gasteiger partial charge in [0.1, 0.15) is 11.2 Å². The molecular formula is C14H16N4O2. The van der Waals surface area contributed by atoms with Crippen LogP contribution in [0.3, 0.4) is 0 Å². The molecule has 20 heavy (non-hydrogen) atoms. The first-order chi connectivity index (χ1) is 9.48. The van der Waals surface area contributed by atoms with Crippen LogP contribution in [0.4, 0.5) is 0 Å². The fourth-order valence-corrected chi connectivity index (χ4v) is 2.41. The third kappa shape index (κ3) is 1.93. The molecule has 1 fully saturated rings. The van der Waals surface area contributed by atoms with Crippen molar-refractivity contribution in [1.29, 1.82) is 0 Å². The number of hydrogen-bond acceptors (Lipinski definition) is 3. The first-order valence-corrected chi connectivity index (χ1v) is 6.50. The molecule has 0 aliphatic carbocycles. The van der Waals surface area contributed by atoms with E-state index in [2.05, 4.69) is 10.3 Å². The van der Waals surface area contributed by atoms with E-state index in [9.17, 15) is 9.59 Å². The Kier molecular flexibility index (Phi) is 2.74. The van der Waals surface area contributed by atoms with Crippen LogP contribution in [0.1, 0.15) is 19.5 Å². The summed E-state index contributed by atoms with van der Waals surface area (Å²) >= 11 is 0. The lowest BCUT2D eigenvalue weighted by Gasteiger charge is -2.40. The number of amides is 2. The van der Waals surface area contributed by atoms with Gasteiger partial charge in [-0.3, -0.25) is 9.59 Å². The zero-order chi connectivity index (χ0) is 14.3. The molecule has 2 amide bonds. The number of aromatic nitrogens is 2. The largest absolute Gasteiger partial charge is 0.345 e. The van der Waals surface area contributed by atoms with E-state index in [1.807, 2.05) is 35.0 Å². The number of carbonyl (C=O) groups is 2. The van der Waals surface area contributed by atoms with E-state index in [1.165, 1.54) is 0 Å². The number of nitrogens with one attached hydrogen (secondary N) is 1. The van der Waals surface area contributed by atoms with Gasteiger partial charge >= 0.3 is 0 Å². The molecule has 1 aliphatic heterocycles. The molecule has 0 aromatic carbocycles. The van der Waals surface area contributed by atoms with E-state index in [0.29, 0.717) is 6.54 Å². The summed E-state index contributed by atoms with van der Waals surface area (Å²) in [5.74, 6) is -0.229. The quantitative estimate of drug-likeness (QED) is 0.869. The molecule has 0 bridgehead atoms. The molecule has 0 saturated carbocycles. The average molecular weight is 272 g/mol. The minimum Gasteiger partial charge on any atom is -0.345 e. The summed E-state index contributed by atoms with van der Waals surface area (Å²) in [6.45, 7) is 3.88. The lowest BCUT2D eigenvalue weighted by Crippen LogP contribution is -2.63. The lowest BCUT2D eigenvalue weighted by atomic mass is 9.98. The molecule has 2 aromatic heterocycles. The van der Waals surface area contributed by atoms with Crippen molar-refractivity contribution < 1.29 is 9.59 Å². The normalized spacial score (nSPS) is 18.4. The summed E-state index contributed by atoms with van der Waals surface area (Å²) in [4.78, 5) is 30.0. The number of fused-ring (bicyclic) bond motifs is 1. The maximum absolute atomic E-state index is 12.1. The Bertz CT molecular complexity index is 656. The van der Waals surface area contributed by atoms with Gasteiger partial charge < -0.3 is 14.6 Å². The number of carbonyl (C=O) groups excluding carboxylic acids is 2. The van der Waals surface area contributed by atoms with Crippen LogP contribution in [-0.2, 0) is 16.1 Å². The maximum atomic E-state index is 12.1. The third-order valence-electron chi connectivity index (χ3n) is 3.67. The van der Waals surface area contributed by atoms with Crippen LogP contribution in [0.5, 0.6) is 0 Å². The molecule has 0 unspecified atom stereocenters. The molecule has 3 heterocycles. The van der Waals surface area contributed by atoms with Crippen LogP contribution in [0, 0.1) is 0 Å². The van der Waals surface area contributed by atoms with Gasteiger partial charge in [0.25, 0.3) is 0 Å². The van der Waals surface area contributed by atoms with Gasteiger partial charge in [0.05, 0.1) is 18.8 Å². The van der Waals surface area contributed by atoms with Gasteiger partial charge in [-0.2, -0.15) is 0 Å². The van der Waals surface area contributed by atoms with Gasteiger partial charge in [0.2, 0.25) is 11.8 Å². The monoisotopic (exact) mass is 272 g/mol. The van der Waals surface area contributed by atoms with Crippen LogP contribution in [-0.4, -0.2) is 38.2 Å². The van der Waals surface area contributed by atoms with E-state index in [1.54, 1.807) is 18.7 Å². The van der Waals surface area contributed by atoms with Crippen molar-refractivity contribution in [2.24, 2.45) is 0 Å². The summed E-state index contributed by atoms with van der Waals surface area (Å²) in [6, 6.07) is 5.73. The van der Waals surface area contributed by atoms with Crippen molar-refractivity contribution in [3.8, 4) is 0 Å². The number of piperazine rings is 1. The van der Waals surface area contributed by atoms with Crippen LogP contribution in [0.15, 0.2) is 30.6 Å². The number of rotatable bonds is 2. The van der Waals surface area contributed by atoms with Gasteiger partial charge in [0.15, 0.2) is 0 Å². The lowest BCUT2D eigenvalue weighted by molar-refractivity contribution is -0.152. The second kappa shape index (κ2) is 4.33. The van der Waals surface area contributed by atoms with E-state index < -0.39 is 5.54 Å². The second-order valence-corrected chi connectivity index (χ2v) is 5.42. The number of imidazole rings is 1. The topological polar surface area (TPSA) is 66.7 Å². The number of nitrogens with zero attached hydrogens (tertiary/aromatic N) is 3. The minimum atomic E-state index is -0.856. The molecule has 6 heteroatoms. The minimum absolute atomic E-state index is 0.0512. The summed E-state index contributed by atoms with van der Waals surface area (Å²) in [5, 5.41) is 2.61. The molecular weight excluding hydrogens is 256 g/mol. The smallest absolute Gasteiger partial charge is 0.245 e. The summed E-state index contributed by atoms with van der Waals surface area (Å²) in [5.41, 5.74) is 0.743. The summed E-state index contributed by atoms with van der Waals surface area (Å²) in [6.07, 6.45) is 3.78. The average Bonchev–Trinajstić information content (AvgIpc) is 2.82. The zero-order valence-electron chi connectivity index (χ0n) is 11.5. The fourth-order valence-electron chi connectivity index (χ4n) is 2.41. The van der Waals surface area contributed by atoms with Crippen LogP contribution in [0.25, 0.3) is 5.65 Å². The van der Waals surface area contributed by atoms with Crippen molar-refractivity contribution in [3.05, 3.63) is 36.3 Å². The van der Waals surface area contributed by atoms with Crippen molar-refractivity contribution >= 4 is 17.5 Å². The van der Waals surface area contributed by atoms with Gasteiger partial charge in [-0.1, -0.05) is 6.07 Å². The fraction of sp³-hybridized carbons (Fsp3) is 0.357. The van der Waals surface area contributed by atoms with Crippen molar-refractivity contribution in [2.75, 3.05) is 6.54 Å². The molecule has 1 aliphatic rings. The highest BCUT2D eigenvalue weighted by Gasteiger charge is 2.41. The van der Waals surface area contributed by atoms with E-state index in [-0.39, 0.29) is 18.4 Å². The highest BCUT2D eigenvalue weighted by Crippen LogP contribution is 2.21. The number of pyridine rings is 1. The van der Waals surface area contributed by atoms with E-state index in [4.69, 9.17) is 0 Å². The number of hydrogen-bond donors (Lipinski definition) is 1. The Hall–Kier alpha value is -2.37. The molecule has 2 aromatic rings. The first-order valence-electron chi connectivity index (χ1n) is 6.50. The molecule has 3 rings (SSSR count). The molecule has 1 saturated heterocycles. The van der Waals surface area contributed by atoms with Gasteiger partial charge in [-0.15, -0.1) is 0 Å². The van der Waals surface area contributed by atoms with Crippen molar-refractivity contribution in [1.82, 2.24) is 19.6 Å². The van der Waals surface area contributed by atoms with Gasteiger partial charge in [-0.05, 0) is 26.0 Å². The highest BCUT2D eigenvalue weighted by molar-refractivity contribution is 5.97. The van der Waals surface area contributed by atoms with Gasteiger partial charge in [0, 0.05) is 12.4 Å². The Labute approximate surface area is 116 Å². The van der Waals surface area contributed by atoms with Crippen LogP contribution >= 0.6 is 0 Å². The Morgan fingerprint density at radius 3 is 2.90 bits per heavy atom. The maximum Gasteiger partial charge on any atom is 0.245 e. The second-order valence-electron chi connectivity index (χ2n) is 5.42. The van der Waals surface area contributed by atoms with Crippen LogP contribution in [0.2, 0.25) is 0 Å². The highest BCUT2D eigenvalue weighted by atomic mass is 16.2. The third-order valence-corrected chi connectivity index (χ3v) is 3.67.